The first kappa shape index (κ1) is 18.9. The summed E-state index contributed by atoms with van der Waals surface area (Å²) in [4.78, 5) is 17.7. The van der Waals surface area contributed by atoms with Gasteiger partial charge in [-0.25, -0.2) is 4.98 Å². The third kappa shape index (κ3) is 3.53. The van der Waals surface area contributed by atoms with Crippen molar-refractivity contribution in [2.75, 3.05) is 0 Å². The SMILES string of the molecule is Cc1nc2cc(C(F)(F)F)ccc2c(=O)n1C(c1ccccc1)c1ccccc1. The molecule has 1 aromatic heterocycles. The Hall–Kier alpha value is -3.41. The van der Waals surface area contributed by atoms with Gasteiger partial charge in [-0.1, -0.05) is 60.7 Å². The molecule has 3 nitrogen and oxygen atoms in total. The number of aryl methyl sites for hydroxylation is 1. The van der Waals surface area contributed by atoms with E-state index in [2.05, 4.69) is 4.98 Å². The van der Waals surface area contributed by atoms with Gasteiger partial charge < -0.3 is 0 Å². The Labute approximate surface area is 165 Å². The highest BCUT2D eigenvalue weighted by atomic mass is 19.4. The number of benzene rings is 3. The highest BCUT2D eigenvalue weighted by Crippen LogP contribution is 2.31. The van der Waals surface area contributed by atoms with Crippen molar-refractivity contribution in [1.82, 2.24) is 9.55 Å². The van der Waals surface area contributed by atoms with Crippen molar-refractivity contribution in [2.45, 2.75) is 19.1 Å². The van der Waals surface area contributed by atoms with E-state index in [9.17, 15) is 18.0 Å². The van der Waals surface area contributed by atoms with E-state index in [1.807, 2.05) is 60.7 Å². The third-order valence-corrected chi connectivity index (χ3v) is 4.89. The standard InChI is InChI=1S/C23H17F3N2O/c1-15-27-20-14-18(23(24,25)26)12-13-19(20)22(29)28(15)21(16-8-4-2-5-9-16)17-10-6-3-7-11-17/h2-14,21H,1H3. The van der Waals surface area contributed by atoms with Crippen LogP contribution in [-0.2, 0) is 6.18 Å². The maximum Gasteiger partial charge on any atom is 0.416 e. The molecule has 0 radical (unpaired) electrons. The molecule has 3 aromatic carbocycles. The van der Waals surface area contributed by atoms with E-state index in [0.717, 1.165) is 23.3 Å². The van der Waals surface area contributed by atoms with Crippen LogP contribution < -0.4 is 5.56 Å². The van der Waals surface area contributed by atoms with E-state index in [1.165, 1.54) is 6.07 Å². The second-order valence-electron chi connectivity index (χ2n) is 6.79. The van der Waals surface area contributed by atoms with Crippen LogP contribution in [0.1, 0.15) is 28.6 Å². The zero-order valence-electron chi connectivity index (χ0n) is 15.5. The van der Waals surface area contributed by atoms with E-state index in [-0.39, 0.29) is 16.5 Å². The van der Waals surface area contributed by atoms with Gasteiger partial charge >= 0.3 is 6.18 Å². The van der Waals surface area contributed by atoms with Crippen LogP contribution >= 0.6 is 0 Å². The molecule has 0 amide bonds. The van der Waals surface area contributed by atoms with Gasteiger partial charge in [-0.15, -0.1) is 0 Å². The molecule has 0 saturated carbocycles. The van der Waals surface area contributed by atoms with Gasteiger partial charge in [-0.05, 0) is 36.2 Å². The van der Waals surface area contributed by atoms with Crippen LogP contribution in [0.3, 0.4) is 0 Å². The van der Waals surface area contributed by atoms with E-state index < -0.39 is 17.8 Å². The maximum atomic E-state index is 13.3. The summed E-state index contributed by atoms with van der Waals surface area (Å²) in [6.45, 7) is 1.64. The average Bonchev–Trinajstić information content (AvgIpc) is 2.71. The van der Waals surface area contributed by atoms with Crippen LogP contribution in [-0.4, -0.2) is 9.55 Å². The topological polar surface area (TPSA) is 34.9 Å². The van der Waals surface area contributed by atoms with Gasteiger partial charge in [0.1, 0.15) is 5.82 Å². The second kappa shape index (κ2) is 7.20. The van der Waals surface area contributed by atoms with Crippen molar-refractivity contribution in [3.05, 3.63) is 112 Å². The van der Waals surface area contributed by atoms with Crippen molar-refractivity contribution in [2.24, 2.45) is 0 Å². The molecule has 0 aliphatic carbocycles. The normalized spacial score (nSPS) is 11.9. The van der Waals surface area contributed by atoms with Crippen LogP contribution in [0, 0.1) is 6.92 Å². The van der Waals surface area contributed by atoms with Gasteiger partial charge in [0.25, 0.3) is 5.56 Å². The van der Waals surface area contributed by atoms with Gasteiger partial charge in [-0.3, -0.25) is 9.36 Å². The molecular weight excluding hydrogens is 377 g/mol. The lowest BCUT2D eigenvalue weighted by Crippen LogP contribution is -2.29. The number of hydrogen-bond acceptors (Lipinski definition) is 2. The number of rotatable bonds is 3. The highest BCUT2D eigenvalue weighted by Gasteiger charge is 2.31. The molecule has 1 heterocycles. The Kier molecular flexibility index (Phi) is 4.70. The number of aromatic nitrogens is 2. The first-order chi connectivity index (χ1) is 13.9. The second-order valence-corrected chi connectivity index (χ2v) is 6.79. The fraction of sp³-hybridized carbons (Fsp3) is 0.130. The first-order valence-electron chi connectivity index (χ1n) is 9.06. The quantitative estimate of drug-likeness (QED) is 0.469. The monoisotopic (exact) mass is 394 g/mol. The lowest BCUT2D eigenvalue weighted by Gasteiger charge is -2.23. The van der Waals surface area contributed by atoms with Crippen molar-refractivity contribution in [1.29, 1.82) is 0 Å². The summed E-state index contributed by atoms with van der Waals surface area (Å²) in [5.74, 6) is 0.347. The smallest absolute Gasteiger partial charge is 0.285 e. The lowest BCUT2D eigenvalue weighted by molar-refractivity contribution is -0.137. The largest absolute Gasteiger partial charge is 0.416 e. The van der Waals surface area contributed by atoms with Gasteiger partial charge in [0.2, 0.25) is 0 Å². The molecule has 29 heavy (non-hydrogen) atoms. The Bertz CT molecular complexity index is 1180. The van der Waals surface area contributed by atoms with Crippen molar-refractivity contribution < 1.29 is 13.2 Å². The fourth-order valence-corrected chi connectivity index (χ4v) is 3.55. The number of alkyl halides is 3. The molecular formula is C23H17F3N2O. The van der Waals surface area contributed by atoms with Gasteiger partial charge in [0.05, 0.1) is 22.5 Å². The number of nitrogens with zero attached hydrogens (tertiary/aromatic N) is 2. The van der Waals surface area contributed by atoms with Gasteiger partial charge in [0.15, 0.2) is 0 Å². The van der Waals surface area contributed by atoms with Crippen molar-refractivity contribution >= 4 is 10.9 Å². The fourth-order valence-electron chi connectivity index (χ4n) is 3.55. The minimum atomic E-state index is -4.49. The molecule has 0 bridgehead atoms. The first-order valence-corrected chi connectivity index (χ1v) is 9.06. The Morgan fingerprint density at radius 1 is 0.862 bits per heavy atom. The maximum absolute atomic E-state index is 13.3. The predicted octanol–water partition coefficient (Wildman–Crippen LogP) is 5.36. The number of hydrogen-bond donors (Lipinski definition) is 0. The molecule has 0 atom stereocenters. The summed E-state index contributed by atoms with van der Waals surface area (Å²) in [7, 11) is 0. The minimum absolute atomic E-state index is 0.0402. The Morgan fingerprint density at radius 3 is 1.93 bits per heavy atom. The highest BCUT2D eigenvalue weighted by molar-refractivity contribution is 5.78. The van der Waals surface area contributed by atoms with E-state index >= 15 is 0 Å². The molecule has 0 unspecified atom stereocenters. The van der Waals surface area contributed by atoms with Gasteiger partial charge in [-0.2, -0.15) is 13.2 Å². The number of halogens is 3. The minimum Gasteiger partial charge on any atom is -0.285 e. The zero-order valence-corrected chi connectivity index (χ0v) is 15.5. The molecule has 0 aliphatic heterocycles. The zero-order chi connectivity index (χ0) is 20.6. The van der Waals surface area contributed by atoms with Crippen molar-refractivity contribution in [3.8, 4) is 0 Å². The summed E-state index contributed by atoms with van der Waals surface area (Å²) < 4.78 is 40.7. The molecule has 0 N–H and O–H groups in total. The van der Waals surface area contributed by atoms with E-state index in [0.29, 0.717) is 5.82 Å². The summed E-state index contributed by atoms with van der Waals surface area (Å²) in [5, 5.41) is 0.153. The van der Waals surface area contributed by atoms with Crippen LogP contribution in [0.5, 0.6) is 0 Å². The average molecular weight is 394 g/mol. The van der Waals surface area contributed by atoms with Crippen LogP contribution in [0.15, 0.2) is 83.7 Å². The predicted molar refractivity (Wildman–Crippen MR) is 106 cm³/mol. The molecule has 146 valence electrons. The van der Waals surface area contributed by atoms with E-state index in [1.54, 1.807) is 11.5 Å². The third-order valence-electron chi connectivity index (χ3n) is 4.89. The Morgan fingerprint density at radius 2 is 1.41 bits per heavy atom. The molecule has 6 heteroatoms. The van der Waals surface area contributed by atoms with Crippen LogP contribution in [0.2, 0.25) is 0 Å². The molecule has 4 aromatic rings. The summed E-state index contributed by atoms with van der Waals surface area (Å²) in [5.41, 5.74) is 0.614. The molecule has 0 saturated heterocycles. The lowest BCUT2D eigenvalue weighted by atomic mass is 9.98. The molecule has 0 spiro atoms. The Balaban J connectivity index is 1.98. The summed E-state index contributed by atoms with van der Waals surface area (Å²) >= 11 is 0. The van der Waals surface area contributed by atoms with Crippen LogP contribution in [0.4, 0.5) is 13.2 Å². The van der Waals surface area contributed by atoms with Crippen LogP contribution in [0.25, 0.3) is 10.9 Å². The summed E-state index contributed by atoms with van der Waals surface area (Å²) in [6.07, 6.45) is -4.49. The number of fused-ring (bicyclic) bond motifs is 1. The molecule has 0 aliphatic rings. The summed E-state index contributed by atoms with van der Waals surface area (Å²) in [6, 6.07) is 21.6. The van der Waals surface area contributed by atoms with Gasteiger partial charge in [0, 0.05) is 0 Å². The van der Waals surface area contributed by atoms with E-state index in [4.69, 9.17) is 0 Å². The molecule has 0 fully saturated rings. The van der Waals surface area contributed by atoms with Crippen molar-refractivity contribution in [3.63, 3.8) is 0 Å². The molecule has 4 rings (SSSR count).